The van der Waals surface area contributed by atoms with Gasteiger partial charge >= 0.3 is 35.0 Å². The van der Waals surface area contributed by atoms with Crippen LogP contribution in [0.3, 0.4) is 0 Å². The van der Waals surface area contributed by atoms with Crippen molar-refractivity contribution in [2.45, 2.75) is 102 Å². The zero-order valence-corrected chi connectivity index (χ0v) is 37.5. The van der Waals surface area contributed by atoms with Gasteiger partial charge in [-0.1, -0.05) is 26.7 Å². The molecule has 14 nitrogen and oxygen atoms in total. The Labute approximate surface area is 321 Å². The SMILES string of the molecule is C=CC(=O)OCC(C)COCCC[Si](C)(C)O[Si](C)(CCCOCC(O)COC(=O)C=C)O[Si](C)(C)O[Si](C)(C)CCCOCC(O)COC(=O)C=C. The lowest BCUT2D eigenvalue weighted by atomic mass is 10.2. The first-order valence-corrected chi connectivity index (χ1v) is 29.8. The Morgan fingerprint density at radius 3 is 1.36 bits per heavy atom. The van der Waals surface area contributed by atoms with Crippen molar-refractivity contribution in [1.82, 2.24) is 0 Å². The molecule has 0 aliphatic rings. The molecule has 53 heavy (non-hydrogen) atoms. The quantitative estimate of drug-likeness (QED) is 0.0298. The summed E-state index contributed by atoms with van der Waals surface area (Å²) in [6.07, 6.45) is 3.57. The van der Waals surface area contributed by atoms with Crippen molar-refractivity contribution >= 4 is 51.7 Å². The van der Waals surface area contributed by atoms with Gasteiger partial charge in [-0.3, -0.25) is 0 Å². The van der Waals surface area contributed by atoms with Gasteiger partial charge in [0.15, 0.2) is 16.6 Å². The van der Waals surface area contributed by atoms with Gasteiger partial charge in [0.05, 0.1) is 26.4 Å². The van der Waals surface area contributed by atoms with Crippen molar-refractivity contribution < 1.29 is 65.4 Å². The van der Waals surface area contributed by atoms with E-state index >= 15 is 0 Å². The van der Waals surface area contributed by atoms with Crippen molar-refractivity contribution in [1.29, 1.82) is 0 Å². The fraction of sp³-hybridized carbons (Fsp3) is 0.743. The van der Waals surface area contributed by atoms with Crippen LogP contribution in [0.5, 0.6) is 0 Å². The van der Waals surface area contributed by atoms with Crippen molar-refractivity contribution in [3.8, 4) is 0 Å². The summed E-state index contributed by atoms with van der Waals surface area (Å²) < 4.78 is 52.8. The van der Waals surface area contributed by atoms with E-state index < -0.39 is 63.9 Å². The fourth-order valence-corrected chi connectivity index (χ4v) is 25.0. The van der Waals surface area contributed by atoms with E-state index in [9.17, 15) is 24.6 Å². The van der Waals surface area contributed by atoms with E-state index in [0.29, 0.717) is 38.9 Å². The molecule has 18 heteroatoms. The van der Waals surface area contributed by atoms with Gasteiger partial charge in [0.25, 0.3) is 0 Å². The van der Waals surface area contributed by atoms with Crippen LogP contribution in [0.1, 0.15) is 26.2 Å². The number of aliphatic hydroxyl groups is 2. The summed E-state index contributed by atoms with van der Waals surface area (Å²) in [7, 11) is -9.92. The molecule has 0 saturated carbocycles. The number of aliphatic hydroxyl groups excluding tert-OH is 2. The minimum absolute atomic E-state index is 0.0224. The maximum absolute atomic E-state index is 11.3. The first-order chi connectivity index (χ1) is 24.7. The summed E-state index contributed by atoms with van der Waals surface area (Å²) in [6.45, 7) is 28.8. The van der Waals surface area contributed by atoms with Crippen molar-refractivity contribution in [3.63, 3.8) is 0 Å². The zero-order chi connectivity index (χ0) is 40.6. The maximum Gasteiger partial charge on any atom is 0.330 e. The number of rotatable bonds is 33. The second-order valence-electron chi connectivity index (χ2n) is 14.8. The number of carbonyl (C=O) groups excluding carboxylic acids is 3. The number of ether oxygens (including phenoxy) is 6. The van der Waals surface area contributed by atoms with Crippen molar-refractivity contribution in [2.75, 3.05) is 59.5 Å². The van der Waals surface area contributed by atoms with Crippen molar-refractivity contribution in [2.24, 2.45) is 5.92 Å². The first kappa shape index (κ1) is 51.2. The Morgan fingerprint density at radius 2 is 0.925 bits per heavy atom. The average molecular weight is 825 g/mol. The topological polar surface area (TPSA) is 175 Å². The Kier molecular flexibility index (Phi) is 26.0. The second kappa shape index (κ2) is 26.9. The highest BCUT2D eigenvalue weighted by Crippen LogP contribution is 2.30. The largest absolute Gasteiger partial charge is 0.462 e. The predicted molar refractivity (Wildman–Crippen MR) is 213 cm³/mol. The molecule has 2 N–H and O–H groups in total. The van der Waals surface area contributed by atoms with Gasteiger partial charge < -0.3 is 51.0 Å². The fourth-order valence-electron chi connectivity index (χ4n) is 5.34. The molecule has 0 aromatic rings. The Bertz CT molecular complexity index is 1110. The van der Waals surface area contributed by atoms with E-state index in [0.717, 1.165) is 43.2 Å². The van der Waals surface area contributed by atoms with Crippen LogP contribution in [-0.4, -0.2) is 134 Å². The van der Waals surface area contributed by atoms with Crippen LogP contribution in [0.2, 0.25) is 64.0 Å². The van der Waals surface area contributed by atoms with E-state index in [1.54, 1.807) is 0 Å². The van der Waals surface area contributed by atoms with Crippen LogP contribution in [0.25, 0.3) is 0 Å². The lowest BCUT2D eigenvalue weighted by Crippen LogP contribution is -2.57. The third-order valence-electron chi connectivity index (χ3n) is 7.40. The highest BCUT2D eigenvalue weighted by atomic mass is 28.5. The number of hydrogen-bond acceptors (Lipinski definition) is 14. The minimum Gasteiger partial charge on any atom is -0.462 e. The Balaban J connectivity index is 5.25. The molecule has 0 fully saturated rings. The molecular formula is C35H68O14Si4. The van der Waals surface area contributed by atoms with E-state index in [2.05, 4.69) is 65.6 Å². The molecule has 0 saturated heterocycles. The van der Waals surface area contributed by atoms with Gasteiger partial charge in [-0.15, -0.1) is 0 Å². The summed E-state index contributed by atoms with van der Waals surface area (Å²) in [5.41, 5.74) is 0. The molecule has 0 rings (SSSR count). The average Bonchev–Trinajstić information content (AvgIpc) is 3.06. The molecule has 0 aromatic heterocycles. The monoisotopic (exact) mass is 824 g/mol. The summed E-state index contributed by atoms with van der Waals surface area (Å²) in [5, 5.41) is 20.1. The van der Waals surface area contributed by atoms with E-state index in [1.807, 2.05) is 6.92 Å². The van der Waals surface area contributed by atoms with Crippen LogP contribution < -0.4 is 0 Å². The smallest absolute Gasteiger partial charge is 0.330 e. The molecule has 308 valence electrons. The molecule has 0 bridgehead atoms. The van der Waals surface area contributed by atoms with Crippen LogP contribution in [0.4, 0.5) is 0 Å². The van der Waals surface area contributed by atoms with E-state index in [-0.39, 0.29) is 39.0 Å². The molecule has 0 aromatic carbocycles. The number of hydrogen-bond donors (Lipinski definition) is 2. The Hall–Kier alpha value is -1.82. The molecular weight excluding hydrogens is 757 g/mol. The third-order valence-corrected chi connectivity index (χ3v) is 23.6. The summed E-state index contributed by atoms with van der Waals surface area (Å²) in [4.78, 5) is 33.8. The normalized spacial score (nSPS) is 15.1. The van der Waals surface area contributed by atoms with E-state index in [1.165, 1.54) is 0 Å². The van der Waals surface area contributed by atoms with Gasteiger partial charge in [0.2, 0.25) is 0 Å². The number of carbonyl (C=O) groups is 3. The van der Waals surface area contributed by atoms with Gasteiger partial charge in [-0.25, -0.2) is 14.4 Å². The van der Waals surface area contributed by atoms with Gasteiger partial charge in [0, 0.05) is 44.0 Å². The summed E-state index contributed by atoms with van der Waals surface area (Å²) in [5.74, 6) is -1.57. The molecule has 0 amide bonds. The van der Waals surface area contributed by atoms with Crippen LogP contribution in [-0.2, 0) is 55.2 Å². The molecule has 0 aliphatic carbocycles. The standard InChI is InChI=1S/C35H68O14Si4/c1-12-33(38)44-25-30(4)24-41-18-15-22-51(7,8)48-53(11,23-17-20-43-27-32(37)29-46-35(40)14-3)49-52(9,10)47-50(5,6)21-16-19-42-26-31(36)28-45-34(39)13-2/h12-14,30-32,36-37H,1-3,15-29H2,4-11H3. The summed E-state index contributed by atoms with van der Waals surface area (Å²) in [6, 6.07) is 2.34. The van der Waals surface area contributed by atoms with Crippen LogP contribution in [0, 0.1) is 5.92 Å². The van der Waals surface area contributed by atoms with E-state index in [4.69, 9.17) is 40.8 Å². The highest BCUT2D eigenvalue weighted by molar-refractivity contribution is 6.89. The van der Waals surface area contributed by atoms with Gasteiger partial charge in [-0.05, 0) is 83.2 Å². The molecule has 0 radical (unpaired) electrons. The first-order valence-electron chi connectivity index (χ1n) is 18.2. The lowest BCUT2D eigenvalue weighted by molar-refractivity contribution is -0.142. The minimum atomic E-state index is -2.81. The van der Waals surface area contributed by atoms with Gasteiger partial charge in [-0.2, -0.15) is 0 Å². The van der Waals surface area contributed by atoms with Crippen molar-refractivity contribution in [3.05, 3.63) is 38.0 Å². The summed E-state index contributed by atoms with van der Waals surface area (Å²) >= 11 is 0. The molecule has 0 aliphatic heterocycles. The lowest BCUT2D eigenvalue weighted by Gasteiger charge is -2.42. The number of esters is 3. The van der Waals surface area contributed by atoms with Crippen LogP contribution in [0.15, 0.2) is 38.0 Å². The predicted octanol–water partition coefficient (Wildman–Crippen LogP) is 4.99. The molecule has 4 unspecified atom stereocenters. The Morgan fingerprint density at radius 1 is 0.547 bits per heavy atom. The zero-order valence-electron chi connectivity index (χ0n) is 33.5. The van der Waals surface area contributed by atoms with Gasteiger partial charge in [0.1, 0.15) is 25.4 Å². The maximum atomic E-state index is 11.3. The molecule has 0 heterocycles. The second-order valence-corrected chi connectivity index (χ2v) is 30.9. The highest BCUT2D eigenvalue weighted by Gasteiger charge is 2.45. The van der Waals surface area contributed by atoms with Crippen LogP contribution >= 0.6 is 0 Å². The molecule has 0 spiro atoms. The third kappa shape index (κ3) is 28.3. The molecule has 4 atom stereocenters.